The van der Waals surface area contributed by atoms with E-state index in [1.54, 1.807) is 0 Å². The summed E-state index contributed by atoms with van der Waals surface area (Å²) in [7, 11) is 1.85. The van der Waals surface area contributed by atoms with Gasteiger partial charge in [-0.15, -0.1) is 35.3 Å². The molecule has 4 nitrogen and oxygen atoms in total. The molecule has 0 bridgehead atoms. The van der Waals surface area contributed by atoms with Crippen LogP contribution in [0.4, 0.5) is 0 Å². The number of aliphatic imine (C=N–C) groups is 1. The molecule has 1 saturated heterocycles. The van der Waals surface area contributed by atoms with Crippen molar-refractivity contribution in [2.45, 2.75) is 31.7 Å². The molecule has 0 radical (unpaired) electrons. The predicted molar refractivity (Wildman–Crippen MR) is 106 cm³/mol. The van der Waals surface area contributed by atoms with Gasteiger partial charge < -0.3 is 15.5 Å². The molecule has 1 aromatic rings. The SMILES string of the molecule is CN=C(NCCc1cccs1)NCC1CCN(C2CC2)C1.I. The van der Waals surface area contributed by atoms with Gasteiger partial charge in [-0.2, -0.15) is 0 Å². The first-order chi connectivity index (χ1) is 10.3. The molecule has 124 valence electrons. The molecule has 1 aliphatic carbocycles. The third kappa shape index (κ3) is 5.38. The Morgan fingerprint density at radius 3 is 2.91 bits per heavy atom. The van der Waals surface area contributed by atoms with Gasteiger partial charge in [0.15, 0.2) is 5.96 Å². The van der Waals surface area contributed by atoms with Crippen molar-refractivity contribution in [2.24, 2.45) is 10.9 Å². The third-order valence-electron chi connectivity index (χ3n) is 4.41. The van der Waals surface area contributed by atoms with Crippen molar-refractivity contribution < 1.29 is 0 Å². The minimum Gasteiger partial charge on any atom is -0.356 e. The van der Waals surface area contributed by atoms with Crippen molar-refractivity contribution in [3.8, 4) is 0 Å². The lowest BCUT2D eigenvalue weighted by Gasteiger charge is -2.17. The summed E-state index contributed by atoms with van der Waals surface area (Å²) >= 11 is 1.82. The van der Waals surface area contributed by atoms with Crippen LogP contribution in [-0.4, -0.2) is 50.1 Å². The first-order valence-electron chi connectivity index (χ1n) is 8.06. The van der Waals surface area contributed by atoms with E-state index in [-0.39, 0.29) is 24.0 Å². The van der Waals surface area contributed by atoms with E-state index in [1.807, 2.05) is 18.4 Å². The molecule has 2 fully saturated rings. The fraction of sp³-hybridized carbons (Fsp3) is 0.688. The van der Waals surface area contributed by atoms with Crippen LogP contribution in [0.3, 0.4) is 0 Å². The van der Waals surface area contributed by atoms with Gasteiger partial charge in [0.1, 0.15) is 0 Å². The highest BCUT2D eigenvalue weighted by molar-refractivity contribution is 14.0. The molecule has 1 aromatic heterocycles. The standard InChI is InChI=1S/C16H26N4S.HI/c1-17-16(18-8-6-15-3-2-10-21-15)19-11-13-7-9-20(12-13)14-4-5-14;/h2-3,10,13-14H,4-9,11-12H2,1H3,(H2,17,18,19);1H. The van der Waals surface area contributed by atoms with Crippen LogP contribution < -0.4 is 10.6 Å². The Kier molecular flexibility index (Phi) is 7.43. The quantitative estimate of drug-likeness (QED) is 0.411. The molecular formula is C16H27IN4S. The van der Waals surface area contributed by atoms with Crippen molar-refractivity contribution in [1.29, 1.82) is 0 Å². The van der Waals surface area contributed by atoms with Crippen LogP contribution in [0.1, 0.15) is 24.1 Å². The predicted octanol–water partition coefficient (Wildman–Crippen LogP) is 2.56. The molecule has 2 N–H and O–H groups in total. The maximum atomic E-state index is 4.32. The zero-order chi connectivity index (χ0) is 14.5. The molecule has 6 heteroatoms. The van der Waals surface area contributed by atoms with Crippen molar-refractivity contribution in [3.05, 3.63) is 22.4 Å². The smallest absolute Gasteiger partial charge is 0.190 e. The van der Waals surface area contributed by atoms with Gasteiger partial charge in [0.2, 0.25) is 0 Å². The molecule has 2 aliphatic rings. The maximum Gasteiger partial charge on any atom is 0.190 e. The van der Waals surface area contributed by atoms with Gasteiger partial charge in [-0.1, -0.05) is 6.07 Å². The molecule has 1 atom stereocenters. The number of likely N-dealkylation sites (tertiary alicyclic amines) is 1. The van der Waals surface area contributed by atoms with Crippen LogP contribution in [0, 0.1) is 5.92 Å². The van der Waals surface area contributed by atoms with E-state index in [2.05, 4.69) is 38.0 Å². The number of nitrogens with zero attached hydrogens (tertiary/aromatic N) is 2. The summed E-state index contributed by atoms with van der Waals surface area (Å²) in [6.07, 6.45) is 5.24. The number of thiophene rings is 1. The summed E-state index contributed by atoms with van der Waals surface area (Å²) < 4.78 is 0. The minimum absolute atomic E-state index is 0. The number of rotatable bonds is 6. The summed E-state index contributed by atoms with van der Waals surface area (Å²) in [5.41, 5.74) is 0. The van der Waals surface area contributed by atoms with Gasteiger partial charge in [0.05, 0.1) is 0 Å². The molecule has 1 aliphatic heterocycles. The van der Waals surface area contributed by atoms with E-state index in [9.17, 15) is 0 Å². The van der Waals surface area contributed by atoms with Crippen LogP contribution in [0.15, 0.2) is 22.5 Å². The van der Waals surface area contributed by atoms with E-state index in [0.29, 0.717) is 0 Å². The first kappa shape index (κ1) is 18.0. The van der Waals surface area contributed by atoms with Crippen LogP contribution in [0.2, 0.25) is 0 Å². The highest BCUT2D eigenvalue weighted by Crippen LogP contribution is 2.31. The second-order valence-electron chi connectivity index (χ2n) is 6.09. The largest absolute Gasteiger partial charge is 0.356 e. The summed E-state index contributed by atoms with van der Waals surface area (Å²) in [6.45, 7) is 4.55. The van der Waals surface area contributed by atoms with E-state index in [0.717, 1.165) is 37.4 Å². The lowest BCUT2D eigenvalue weighted by Crippen LogP contribution is -2.41. The second-order valence-corrected chi connectivity index (χ2v) is 7.12. The number of hydrogen-bond acceptors (Lipinski definition) is 3. The van der Waals surface area contributed by atoms with Gasteiger partial charge >= 0.3 is 0 Å². The average molecular weight is 434 g/mol. The molecule has 0 aromatic carbocycles. The number of hydrogen-bond donors (Lipinski definition) is 2. The van der Waals surface area contributed by atoms with Crippen molar-refractivity contribution >= 4 is 41.3 Å². The highest BCUT2D eigenvalue weighted by atomic mass is 127. The fourth-order valence-corrected chi connectivity index (χ4v) is 3.73. The highest BCUT2D eigenvalue weighted by Gasteiger charge is 2.34. The average Bonchev–Trinajstić information content (AvgIpc) is 3.02. The van der Waals surface area contributed by atoms with Crippen molar-refractivity contribution in [2.75, 3.05) is 33.2 Å². The van der Waals surface area contributed by atoms with Crippen LogP contribution >= 0.6 is 35.3 Å². The Hall–Kier alpha value is -0.340. The lowest BCUT2D eigenvalue weighted by atomic mass is 10.1. The van der Waals surface area contributed by atoms with E-state index < -0.39 is 0 Å². The molecule has 3 rings (SSSR count). The van der Waals surface area contributed by atoms with Gasteiger partial charge in [-0.3, -0.25) is 4.99 Å². The molecule has 22 heavy (non-hydrogen) atoms. The number of guanidine groups is 1. The Bertz CT molecular complexity index is 459. The van der Waals surface area contributed by atoms with Crippen molar-refractivity contribution in [3.63, 3.8) is 0 Å². The van der Waals surface area contributed by atoms with Crippen LogP contribution in [0.5, 0.6) is 0 Å². The summed E-state index contributed by atoms with van der Waals surface area (Å²) in [5, 5.41) is 9.03. The van der Waals surface area contributed by atoms with E-state index >= 15 is 0 Å². The molecule has 1 unspecified atom stereocenters. The Balaban J connectivity index is 0.00000176. The minimum atomic E-state index is 0. The van der Waals surface area contributed by atoms with Gasteiger partial charge in [0.25, 0.3) is 0 Å². The topological polar surface area (TPSA) is 39.7 Å². The zero-order valence-corrected chi connectivity index (χ0v) is 16.4. The summed E-state index contributed by atoms with van der Waals surface area (Å²) in [5.74, 6) is 1.72. The van der Waals surface area contributed by atoms with Crippen LogP contribution in [-0.2, 0) is 6.42 Å². The van der Waals surface area contributed by atoms with Gasteiger partial charge in [-0.25, -0.2) is 0 Å². The molecule has 0 amide bonds. The third-order valence-corrected chi connectivity index (χ3v) is 5.34. The zero-order valence-electron chi connectivity index (χ0n) is 13.3. The Labute approximate surface area is 154 Å². The fourth-order valence-electron chi connectivity index (χ4n) is 3.02. The van der Waals surface area contributed by atoms with Gasteiger partial charge in [0, 0.05) is 37.6 Å². The molecule has 1 saturated carbocycles. The summed E-state index contributed by atoms with van der Waals surface area (Å²) in [6, 6.07) is 5.21. The number of halogens is 1. The van der Waals surface area contributed by atoms with Crippen LogP contribution in [0.25, 0.3) is 0 Å². The Morgan fingerprint density at radius 2 is 2.23 bits per heavy atom. The summed E-state index contributed by atoms with van der Waals surface area (Å²) in [4.78, 5) is 8.41. The van der Waals surface area contributed by atoms with E-state index in [4.69, 9.17) is 0 Å². The monoisotopic (exact) mass is 434 g/mol. The van der Waals surface area contributed by atoms with Gasteiger partial charge in [-0.05, 0) is 49.6 Å². The number of nitrogens with one attached hydrogen (secondary N) is 2. The van der Waals surface area contributed by atoms with Crippen molar-refractivity contribution in [1.82, 2.24) is 15.5 Å². The molecular weight excluding hydrogens is 407 g/mol. The first-order valence-corrected chi connectivity index (χ1v) is 8.94. The lowest BCUT2D eigenvalue weighted by molar-refractivity contribution is 0.314. The second kappa shape index (κ2) is 9.08. The maximum absolute atomic E-state index is 4.32. The normalized spacial score (nSPS) is 22.4. The molecule has 0 spiro atoms. The molecule has 2 heterocycles. The van der Waals surface area contributed by atoms with E-state index in [1.165, 1.54) is 37.2 Å². The Morgan fingerprint density at radius 1 is 1.36 bits per heavy atom.